The number of rotatable bonds is 10. The number of alkyl halides is 1. The number of amides is 1. The van der Waals surface area contributed by atoms with Crippen LogP contribution in [0.4, 0.5) is 20.4 Å². The lowest BCUT2D eigenvalue weighted by Gasteiger charge is -2.16. The second kappa shape index (κ2) is 12.7. The number of nitrogens with zero attached hydrogens (tertiary/aromatic N) is 5. The molecule has 0 saturated carbocycles. The van der Waals surface area contributed by atoms with Crippen LogP contribution in [0.5, 0.6) is 0 Å². The quantitative estimate of drug-likeness (QED) is 0.224. The number of allylic oxidation sites excluding steroid dienone is 3. The smallest absolute Gasteiger partial charge is 0.274 e. The molecule has 1 aromatic carbocycles. The van der Waals surface area contributed by atoms with E-state index in [0.717, 1.165) is 32.3 Å². The van der Waals surface area contributed by atoms with Gasteiger partial charge in [-0.15, -0.1) is 11.3 Å². The van der Waals surface area contributed by atoms with E-state index in [1.54, 1.807) is 6.92 Å². The van der Waals surface area contributed by atoms with Gasteiger partial charge in [0.25, 0.3) is 5.91 Å². The minimum absolute atomic E-state index is 0.0495. The number of fused-ring (bicyclic) bond motifs is 1. The van der Waals surface area contributed by atoms with Crippen LogP contribution in [-0.2, 0) is 6.54 Å². The van der Waals surface area contributed by atoms with Crippen molar-refractivity contribution in [2.75, 3.05) is 17.7 Å². The van der Waals surface area contributed by atoms with Gasteiger partial charge < -0.3 is 16.4 Å². The van der Waals surface area contributed by atoms with Gasteiger partial charge in [-0.25, -0.2) is 28.7 Å². The van der Waals surface area contributed by atoms with Crippen molar-refractivity contribution < 1.29 is 13.6 Å². The number of hydrogen-bond donors (Lipinski definition) is 3. The molecule has 0 aliphatic heterocycles. The number of nitrogen functional groups attached to an aromatic ring is 1. The van der Waals surface area contributed by atoms with Crippen molar-refractivity contribution in [1.29, 1.82) is 5.26 Å². The minimum atomic E-state index is -1.27. The van der Waals surface area contributed by atoms with Gasteiger partial charge in [0.05, 0.1) is 24.3 Å². The molecule has 4 N–H and O–H groups in total. The van der Waals surface area contributed by atoms with E-state index in [9.17, 15) is 18.8 Å². The van der Waals surface area contributed by atoms with Gasteiger partial charge in [-0.1, -0.05) is 24.8 Å². The molecule has 12 heteroatoms. The van der Waals surface area contributed by atoms with E-state index < -0.39 is 24.5 Å². The highest BCUT2D eigenvalue weighted by Gasteiger charge is 2.20. The number of anilines is 2. The molecule has 4 aromatic rings. The van der Waals surface area contributed by atoms with Crippen LogP contribution in [0.2, 0.25) is 0 Å². The molecule has 0 saturated heterocycles. The molecule has 0 radical (unpaired) electrons. The van der Waals surface area contributed by atoms with Crippen molar-refractivity contribution in [2.45, 2.75) is 19.5 Å². The highest BCUT2D eigenvalue weighted by molar-refractivity contribution is 7.15. The van der Waals surface area contributed by atoms with Crippen LogP contribution in [0.25, 0.3) is 21.3 Å². The summed E-state index contributed by atoms with van der Waals surface area (Å²) in [7, 11) is 0. The van der Waals surface area contributed by atoms with Gasteiger partial charge in [-0.3, -0.25) is 4.79 Å². The highest BCUT2D eigenvalue weighted by atomic mass is 32.1. The molecule has 40 heavy (non-hydrogen) atoms. The summed E-state index contributed by atoms with van der Waals surface area (Å²) in [6.07, 6.45) is 6.54. The maximum absolute atomic E-state index is 13.6. The molecular weight excluding hydrogens is 534 g/mol. The Kier molecular flexibility index (Phi) is 8.88. The molecule has 0 unspecified atom stereocenters. The van der Waals surface area contributed by atoms with Crippen LogP contribution in [0.1, 0.15) is 28.0 Å². The number of nitrogens with two attached hydrogens (primary N) is 1. The molecule has 0 spiro atoms. The number of carbonyl (C=O) groups is 1. The molecular formula is C28H24F2N8OS. The van der Waals surface area contributed by atoms with E-state index in [1.165, 1.54) is 36.0 Å². The lowest BCUT2D eigenvalue weighted by atomic mass is 10.1. The summed E-state index contributed by atoms with van der Waals surface area (Å²) in [6, 6.07) is 10.8. The van der Waals surface area contributed by atoms with Crippen LogP contribution in [0.3, 0.4) is 0 Å². The summed E-state index contributed by atoms with van der Waals surface area (Å²) in [6.45, 7) is 4.22. The maximum atomic E-state index is 13.6. The molecule has 3 aromatic heterocycles. The second-order valence-electron chi connectivity index (χ2n) is 8.50. The maximum Gasteiger partial charge on any atom is 0.274 e. The third kappa shape index (κ3) is 6.51. The molecule has 1 atom stereocenters. The van der Waals surface area contributed by atoms with Crippen LogP contribution >= 0.6 is 11.3 Å². The minimum Gasteiger partial charge on any atom is -0.383 e. The number of thiophene rings is 1. The van der Waals surface area contributed by atoms with Crippen LogP contribution < -0.4 is 16.4 Å². The van der Waals surface area contributed by atoms with Gasteiger partial charge in [0.2, 0.25) is 0 Å². The topological polar surface area (TPSA) is 142 Å². The van der Waals surface area contributed by atoms with Gasteiger partial charge in [-0.05, 0) is 48.4 Å². The average Bonchev–Trinajstić information content (AvgIpc) is 3.44. The van der Waals surface area contributed by atoms with Crippen LogP contribution in [0, 0.1) is 11.3 Å². The summed E-state index contributed by atoms with van der Waals surface area (Å²) in [5.74, 6) is -1.07. The molecule has 0 aliphatic carbocycles. The Balaban J connectivity index is 1.52. The molecule has 0 fully saturated rings. The molecule has 0 aliphatic rings. The Morgan fingerprint density at radius 1 is 1.27 bits per heavy atom. The number of halogens is 2. The summed E-state index contributed by atoms with van der Waals surface area (Å²) < 4.78 is 26.2. The number of nitriles is 1. The fraction of sp³-hybridized carbons (Fsp3) is 0.143. The van der Waals surface area contributed by atoms with Gasteiger partial charge >= 0.3 is 0 Å². The zero-order chi connectivity index (χ0) is 28.6. The SMILES string of the molecule is C=C/C=C(\C=C(\F)CF)[C@H](C)NC(=O)c1nc(C#N)cnc1NCc1ccc(-c2ccc3ncnc(N)c3c2)s1. The summed E-state index contributed by atoms with van der Waals surface area (Å²) in [5, 5.41) is 15.8. The highest BCUT2D eigenvalue weighted by Crippen LogP contribution is 2.31. The molecule has 0 bridgehead atoms. The van der Waals surface area contributed by atoms with Crippen molar-refractivity contribution in [3.05, 3.63) is 95.3 Å². The van der Waals surface area contributed by atoms with E-state index in [2.05, 4.69) is 37.1 Å². The van der Waals surface area contributed by atoms with Gasteiger partial charge in [-0.2, -0.15) is 5.26 Å². The predicted octanol–water partition coefficient (Wildman–Crippen LogP) is 5.27. The van der Waals surface area contributed by atoms with Gasteiger partial charge in [0.15, 0.2) is 17.2 Å². The molecule has 3 heterocycles. The fourth-order valence-corrected chi connectivity index (χ4v) is 4.72. The number of nitrogens with one attached hydrogen (secondary N) is 2. The monoisotopic (exact) mass is 558 g/mol. The van der Waals surface area contributed by atoms with E-state index >= 15 is 0 Å². The zero-order valence-electron chi connectivity index (χ0n) is 21.4. The first-order valence-corrected chi connectivity index (χ1v) is 12.8. The Hall–Kier alpha value is -5.02. The standard InChI is InChI=1S/C28H24F2N8OS/c1-3-4-17(9-19(30)11-29)16(2)37-28(39)25-27(33-13-20(12-31)38-25)34-14-21-6-8-24(40-21)18-5-7-23-22(10-18)26(32)36-15-35-23/h3-10,13,15-16H,1,11,14H2,2H3,(H,33,34)(H,37,39)(H2,32,35,36)/b17-4+,19-9+/t16-/m0/s1. The fourth-order valence-electron chi connectivity index (χ4n) is 3.78. The molecule has 9 nitrogen and oxygen atoms in total. The third-order valence-corrected chi connectivity index (χ3v) is 6.89. The lowest BCUT2D eigenvalue weighted by molar-refractivity contribution is 0.0941. The van der Waals surface area contributed by atoms with Gasteiger partial charge in [0, 0.05) is 15.1 Å². The number of hydrogen-bond acceptors (Lipinski definition) is 9. The first-order chi connectivity index (χ1) is 19.3. The van der Waals surface area contributed by atoms with Crippen molar-refractivity contribution in [2.24, 2.45) is 0 Å². The van der Waals surface area contributed by atoms with Crippen LogP contribution in [-0.4, -0.2) is 38.6 Å². The van der Waals surface area contributed by atoms with Crippen LogP contribution in [0.15, 0.2) is 79.1 Å². The first-order valence-electron chi connectivity index (χ1n) is 12.0. The number of benzene rings is 1. The third-order valence-electron chi connectivity index (χ3n) is 5.75. The first kappa shape index (κ1) is 28.0. The van der Waals surface area contributed by atoms with E-state index in [1.807, 2.05) is 36.4 Å². The second-order valence-corrected chi connectivity index (χ2v) is 9.67. The van der Waals surface area contributed by atoms with E-state index in [4.69, 9.17) is 5.73 Å². The zero-order valence-corrected chi connectivity index (χ0v) is 22.2. The number of carbonyl (C=O) groups excluding carboxylic acids is 1. The number of aromatic nitrogens is 4. The van der Waals surface area contributed by atoms with Gasteiger partial charge in [0.1, 0.15) is 30.7 Å². The van der Waals surface area contributed by atoms with Crippen molar-refractivity contribution >= 4 is 39.8 Å². The Bertz CT molecular complexity index is 1670. The average molecular weight is 559 g/mol. The largest absolute Gasteiger partial charge is 0.383 e. The molecule has 4 rings (SSSR count). The summed E-state index contributed by atoms with van der Waals surface area (Å²) in [5.41, 5.74) is 7.85. The summed E-state index contributed by atoms with van der Waals surface area (Å²) in [4.78, 5) is 31.7. The van der Waals surface area contributed by atoms with Crippen molar-refractivity contribution in [3.63, 3.8) is 0 Å². The lowest BCUT2D eigenvalue weighted by Crippen LogP contribution is -2.35. The van der Waals surface area contributed by atoms with E-state index in [-0.39, 0.29) is 17.2 Å². The Morgan fingerprint density at radius 3 is 2.85 bits per heavy atom. The molecule has 1 amide bonds. The Morgan fingerprint density at radius 2 is 2.10 bits per heavy atom. The summed E-state index contributed by atoms with van der Waals surface area (Å²) >= 11 is 1.53. The molecule has 202 valence electrons. The van der Waals surface area contributed by atoms with E-state index in [0.29, 0.717) is 17.9 Å². The van der Waals surface area contributed by atoms with Crippen molar-refractivity contribution in [3.8, 4) is 16.5 Å². The Labute approximate surface area is 232 Å². The predicted molar refractivity (Wildman–Crippen MR) is 152 cm³/mol. The normalized spacial score (nSPS) is 12.6. The van der Waals surface area contributed by atoms with Crippen molar-refractivity contribution in [1.82, 2.24) is 25.3 Å².